The van der Waals surface area contributed by atoms with Crippen LogP contribution in [0.15, 0.2) is 29.7 Å². The van der Waals surface area contributed by atoms with E-state index in [1.165, 1.54) is 11.8 Å². The first-order valence-corrected chi connectivity index (χ1v) is 8.07. The molecule has 2 aromatic heterocycles. The van der Waals surface area contributed by atoms with E-state index >= 15 is 0 Å². The lowest BCUT2D eigenvalue weighted by Gasteiger charge is -2.07. The highest BCUT2D eigenvalue weighted by Gasteiger charge is 2.15. The van der Waals surface area contributed by atoms with Gasteiger partial charge in [0.25, 0.3) is 0 Å². The summed E-state index contributed by atoms with van der Waals surface area (Å²) in [6.07, 6.45) is 2.63. The molecule has 2 heterocycles. The maximum absolute atomic E-state index is 11.7. The molecule has 0 radical (unpaired) electrons. The van der Waals surface area contributed by atoms with Gasteiger partial charge in [-0.3, -0.25) is 15.1 Å². The Morgan fingerprint density at radius 3 is 2.65 bits per heavy atom. The Kier molecular flexibility index (Phi) is 6.10. The molecule has 0 aliphatic heterocycles. The topological polar surface area (TPSA) is 99.0 Å². The number of hydrogen-bond donors (Lipinski definition) is 1. The molecule has 0 aromatic carbocycles. The van der Waals surface area contributed by atoms with Crippen LogP contribution < -0.4 is 5.32 Å². The Labute approximate surface area is 137 Å². The molecule has 0 unspecified atom stereocenters. The molecule has 122 valence electrons. The summed E-state index contributed by atoms with van der Waals surface area (Å²) < 4.78 is 6.55. The molecule has 0 spiro atoms. The van der Waals surface area contributed by atoms with Gasteiger partial charge in [-0.2, -0.15) is 0 Å². The molecular formula is C14H17N5O3S. The van der Waals surface area contributed by atoms with Gasteiger partial charge in [0.15, 0.2) is 11.0 Å². The fourth-order valence-corrected chi connectivity index (χ4v) is 2.64. The zero-order chi connectivity index (χ0) is 16.7. The Morgan fingerprint density at radius 2 is 2.00 bits per heavy atom. The van der Waals surface area contributed by atoms with Crippen LogP contribution in [0, 0.1) is 0 Å². The van der Waals surface area contributed by atoms with E-state index in [0.717, 1.165) is 5.56 Å². The molecule has 23 heavy (non-hydrogen) atoms. The predicted molar refractivity (Wildman–Crippen MR) is 84.8 cm³/mol. The van der Waals surface area contributed by atoms with Crippen LogP contribution in [0.5, 0.6) is 0 Å². The van der Waals surface area contributed by atoms with Crippen molar-refractivity contribution in [1.29, 1.82) is 0 Å². The minimum atomic E-state index is -0.743. The van der Waals surface area contributed by atoms with E-state index in [2.05, 4.69) is 25.2 Å². The molecule has 2 amide bonds. The molecule has 0 aliphatic carbocycles. The lowest BCUT2D eigenvalue weighted by Crippen LogP contribution is -2.32. The average molecular weight is 335 g/mol. The first kappa shape index (κ1) is 16.9. The SMILES string of the molecule is CCOC(=O)NC(=O)CSc1nnc(-c2ccncc2)n1CC. The summed E-state index contributed by atoms with van der Waals surface area (Å²) in [6, 6.07) is 3.69. The number of thioether (sulfide) groups is 1. The van der Waals surface area contributed by atoms with Crippen molar-refractivity contribution in [2.24, 2.45) is 0 Å². The van der Waals surface area contributed by atoms with Crippen molar-refractivity contribution in [2.45, 2.75) is 25.5 Å². The number of ether oxygens (including phenoxy) is 1. The number of aromatic nitrogens is 4. The number of pyridine rings is 1. The van der Waals surface area contributed by atoms with E-state index in [1.807, 2.05) is 23.6 Å². The van der Waals surface area contributed by atoms with Crippen LogP contribution in [-0.2, 0) is 16.1 Å². The third kappa shape index (κ3) is 4.52. The normalized spacial score (nSPS) is 10.3. The molecule has 0 bridgehead atoms. The van der Waals surface area contributed by atoms with Gasteiger partial charge >= 0.3 is 6.09 Å². The van der Waals surface area contributed by atoms with Crippen molar-refractivity contribution < 1.29 is 14.3 Å². The minimum Gasteiger partial charge on any atom is -0.450 e. The molecule has 0 fully saturated rings. The second-order valence-electron chi connectivity index (χ2n) is 4.34. The van der Waals surface area contributed by atoms with Crippen LogP contribution in [0.2, 0.25) is 0 Å². The second-order valence-corrected chi connectivity index (χ2v) is 5.29. The van der Waals surface area contributed by atoms with Crippen molar-refractivity contribution in [3.05, 3.63) is 24.5 Å². The summed E-state index contributed by atoms with van der Waals surface area (Å²) in [5.41, 5.74) is 0.900. The van der Waals surface area contributed by atoms with E-state index in [1.54, 1.807) is 19.3 Å². The number of carbonyl (C=O) groups is 2. The largest absolute Gasteiger partial charge is 0.450 e. The molecule has 9 heteroatoms. The van der Waals surface area contributed by atoms with Gasteiger partial charge in [0.05, 0.1) is 12.4 Å². The first-order valence-electron chi connectivity index (χ1n) is 7.08. The maximum atomic E-state index is 11.7. The van der Waals surface area contributed by atoms with Gasteiger partial charge in [0.1, 0.15) is 0 Å². The van der Waals surface area contributed by atoms with Gasteiger partial charge in [0, 0.05) is 24.5 Å². The van der Waals surface area contributed by atoms with Crippen molar-refractivity contribution >= 4 is 23.8 Å². The van der Waals surface area contributed by atoms with E-state index in [-0.39, 0.29) is 12.4 Å². The Hall–Kier alpha value is -2.42. The average Bonchev–Trinajstić information content (AvgIpc) is 2.96. The van der Waals surface area contributed by atoms with Crippen LogP contribution in [0.1, 0.15) is 13.8 Å². The highest BCUT2D eigenvalue weighted by molar-refractivity contribution is 7.99. The van der Waals surface area contributed by atoms with Crippen molar-refractivity contribution in [3.63, 3.8) is 0 Å². The number of nitrogens with one attached hydrogen (secondary N) is 1. The fraction of sp³-hybridized carbons (Fsp3) is 0.357. The molecule has 0 atom stereocenters. The number of alkyl carbamates (subject to hydrolysis) is 1. The number of amides is 2. The maximum Gasteiger partial charge on any atom is 0.413 e. The molecule has 0 saturated carbocycles. The molecule has 1 N–H and O–H groups in total. The van der Waals surface area contributed by atoms with E-state index < -0.39 is 12.0 Å². The van der Waals surface area contributed by atoms with E-state index in [9.17, 15) is 9.59 Å². The summed E-state index contributed by atoms with van der Waals surface area (Å²) >= 11 is 1.21. The number of carbonyl (C=O) groups excluding carboxylic acids is 2. The summed E-state index contributed by atoms with van der Waals surface area (Å²) in [4.78, 5) is 26.8. The predicted octanol–water partition coefficient (Wildman–Crippen LogP) is 1.72. The quantitative estimate of drug-likeness (QED) is 0.802. The van der Waals surface area contributed by atoms with Crippen LogP contribution in [0.3, 0.4) is 0 Å². The Morgan fingerprint density at radius 1 is 1.26 bits per heavy atom. The smallest absolute Gasteiger partial charge is 0.413 e. The van der Waals surface area contributed by atoms with Gasteiger partial charge < -0.3 is 9.30 Å². The van der Waals surface area contributed by atoms with Crippen molar-refractivity contribution in [3.8, 4) is 11.4 Å². The van der Waals surface area contributed by atoms with Crippen LogP contribution >= 0.6 is 11.8 Å². The van der Waals surface area contributed by atoms with E-state index in [0.29, 0.717) is 17.5 Å². The van der Waals surface area contributed by atoms with Gasteiger partial charge in [-0.05, 0) is 26.0 Å². The van der Waals surface area contributed by atoms with Gasteiger partial charge in [-0.25, -0.2) is 4.79 Å². The van der Waals surface area contributed by atoms with Crippen LogP contribution in [-0.4, -0.2) is 44.1 Å². The van der Waals surface area contributed by atoms with Crippen LogP contribution in [0.4, 0.5) is 4.79 Å². The molecule has 2 rings (SSSR count). The lowest BCUT2D eigenvalue weighted by atomic mass is 10.2. The first-order chi connectivity index (χ1) is 11.2. The number of imide groups is 1. The number of nitrogens with zero attached hydrogens (tertiary/aromatic N) is 4. The second kappa shape index (κ2) is 8.28. The zero-order valence-corrected chi connectivity index (χ0v) is 13.7. The molecule has 0 saturated heterocycles. The van der Waals surface area contributed by atoms with Crippen LogP contribution in [0.25, 0.3) is 11.4 Å². The summed E-state index contributed by atoms with van der Waals surface area (Å²) in [7, 11) is 0. The fourth-order valence-electron chi connectivity index (χ4n) is 1.84. The standard InChI is InChI=1S/C14H17N5O3S/c1-3-19-12(10-5-7-15-8-6-10)17-18-13(19)23-9-11(20)16-14(21)22-4-2/h5-8H,3-4,9H2,1-2H3,(H,16,20,21). The Bertz CT molecular complexity index is 674. The highest BCUT2D eigenvalue weighted by Crippen LogP contribution is 2.23. The molecule has 0 aliphatic rings. The van der Waals surface area contributed by atoms with E-state index in [4.69, 9.17) is 0 Å². The van der Waals surface area contributed by atoms with Gasteiger partial charge in [-0.15, -0.1) is 10.2 Å². The summed E-state index contributed by atoms with van der Waals surface area (Å²) in [5.74, 6) is 0.320. The third-order valence-electron chi connectivity index (χ3n) is 2.82. The highest BCUT2D eigenvalue weighted by atomic mass is 32.2. The Balaban J connectivity index is 2.03. The molecule has 8 nitrogen and oxygen atoms in total. The monoisotopic (exact) mass is 335 g/mol. The lowest BCUT2D eigenvalue weighted by molar-refractivity contribution is -0.117. The number of rotatable bonds is 6. The van der Waals surface area contributed by atoms with Crippen molar-refractivity contribution in [2.75, 3.05) is 12.4 Å². The van der Waals surface area contributed by atoms with Gasteiger partial charge in [-0.1, -0.05) is 11.8 Å². The third-order valence-corrected chi connectivity index (χ3v) is 3.79. The summed E-state index contributed by atoms with van der Waals surface area (Å²) in [6.45, 7) is 4.51. The zero-order valence-electron chi connectivity index (χ0n) is 12.9. The molecular weight excluding hydrogens is 318 g/mol. The van der Waals surface area contributed by atoms with Gasteiger partial charge in [0.2, 0.25) is 5.91 Å². The van der Waals surface area contributed by atoms with Crippen molar-refractivity contribution in [1.82, 2.24) is 25.1 Å². The molecule has 2 aromatic rings. The minimum absolute atomic E-state index is 0.0489. The number of hydrogen-bond acceptors (Lipinski definition) is 7. The summed E-state index contributed by atoms with van der Waals surface area (Å²) in [5, 5.41) is 11.0.